The summed E-state index contributed by atoms with van der Waals surface area (Å²) in [6, 6.07) is 0. The summed E-state index contributed by atoms with van der Waals surface area (Å²) in [5.74, 6) is 0.879. The van der Waals surface area contributed by atoms with Crippen molar-refractivity contribution < 1.29 is 8.42 Å². The minimum atomic E-state index is -3.43. The highest BCUT2D eigenvalue weighted by atomic mass is 32.2. The summed E-state index contributed by atoms with van der Waals surface area (Å²) in [5, 5.41) is 4.42. The summed E-state index contributed by atoms with van der Waals surface area (Å²) < 4.78 is 29.3. The van der Waals surface area contributed by atoms with Crippen molar-refractivity contribution in [2.24, 2.45) is 0 Å². The number of thioether (sulfide) groups is 1. The normalized spacial score (nSPS) is 20.7. The highest BCUT2D eigenvalue weighted by Gasteiger charge is 2.38. The molecule has 0 saturated carbocycles. The molecule has 0 radical (unpaired) electrons. The van der Waals surface area contributed by atoms with Gasteiger partial charge in [0.25, 0.3) is 0 Å². The second kappa shape index (κ2) is 6.07. The molecule has 1 atom stereocenters. The topological polar surface area (TPSA) is 55.2 Å². The van der Waals surface area contributed by atoms with Crippen LogP contribution in [0.15, 0.2) is 4.90 Å². The average molecular weight is 317 g/mol. The first-order valence-corrected chi connectivity index (χ1v) is 9.59. The number of aromatic nitrogens is 2. The third-order valence-electron chi connectivity index (χ3n) is 3.66. The molecule has 1 saturated heterocycles. The fourth-order valence-corrected chi connectivity index (χ4v) is 6.49. The van der Waals surface area contributed by atoms with Crippen molar-refractivity contribution in [3.05, 3.63) is 11.4 Å². The molecule has 114 valence electrons. The SMILES string of the molecule is CCC[C@@H]1SCCN1S(=O)(=O)c1c(C)nn(CC)c1C. The monoisotopic (exact) mass is 317 g/mol. The van der Waals surface area contributed by atoms with Crippen LogP contribution >= 0.6 is 11.8 Å². The van der Waals surface area contributed by atoms with Crippen LogP contribution in [-0.2, 0) is 16.6 Å². The molecule has 1 aliphatic heterocycles. The van der Waals surface area contributed by atoms with Crippen molar-refractivity contribution in [3.63, 3.8) is 0 Å². The van der Waals surface area contributed by atoms with E-state index in [-0.39, 0.29) is 5.37 Å². The van der Waals surface area contributed by atoms with Crippen molar-refractivity contribution in [1.82, 2.24) is 14.1 Å². The minimum absolute atomic E-state index is 0.0776. The minimum Gasteiger partial charge on any atom is -0.268 e. The summed E-state index contributed by atoms with van der Waals surface area (Å²) in [6.07, 6.45) is 1.90. The van der Waals surface area contributed by atoms with E-state index in [1.165, 1.54) is 0 Å². The number of hydrogen-bond donors (Lipinski definition) is 0. The Kier molecular flexibility index (Phi) is 4.81. The number of rotatable bonds is 5. The lowest BCUT2D eigenvalue weighted by Crippen LogP contribution is -2.35. The smallest absolute Gasteiger partial charge is 0.247 e. The van der Waals surface area contributed by atoms with Gasteiger partial charge in [-0.05, 0) is 27.2 Å². The van der Waals surface area contributed by atoms with Gasteiger partial charge in [0.15, 0.2) is 0 Å². The van der Waals surface area contributed by atoms with E-state index in [9.17, 15) is 8.42 Å². The van der Waals surface area contributed by atoms with Crippen LogP contribution in [0.5, 0.6) is 0 Å². The fourth-order valence-electron chi connectivity index (χ4n) is 2.73. The summed E-state index contributed by atoms with van der Waals surface area (Å²) in [6.45, 7) is 8.98. The molecule has 1 aliphatic rings. The van der Waals surface area contributed by atoms with Crippen LogP contribution < -0.4 is 0 Å². The zero-order chi connectivity index (χ0) is 14.9. The van der Waals surface area contributed by atoms with Crippen molar-refractivity contribution in [1.29, 1.82) is 0 Å². The third kappa shape index (κ3) is 2.63. The molecule has 1 fully saturated rings. The highest BCUT2D eigenvalue weighted by molar-refractivity contribution is 8.01. The predicted molar refractivity (Wildman–Crippen MR) is 82.4 cm³/mol. The molecule has 1 aromatic heterocycles. The van der Waals surface area contributed by atoms with Crippen LogP contribution in [0.3, 0.4) is 0 Å². The predicted octanol–water partition coefficient (Wildman–Crippen LogP) is 2.38. The molecular formula is C13H23N3O2S2. The number of nitrogens with zero attached hydrogens (tertiary/aromatic N) is 3. The van der Waals surface area contributed by atoms with Gasteiger partial charge in [0, 0.05) is 18.8 Å². The van der Waals surface area contributed by atoms with Gasteiger partial charge in [0.2, 0.25) is 10.0 Å². The molecule has 0 aliphatic carbocycles. The van der Waals surface area contributed by atoms with Gasteiger partial charge in [-0.25, -0.2) is 8.42 Å². The lowest BCUT2D eigenvalue weighted by molar-refractivity contribution is 0.411. The molecule has 0 bridgehead atoms. The standard InChI is InChI=1S/C13H23N3O2S2/c1-5-7-12-16(8-9-19-12)20(17,18)13-10(3)14-15(6-2)11(13)4/h12H,5-9H2,1-4H3/t12-/m0/s1. The maximum Gasteiger partial charge on any atom is 0.247 e. The molecule has 0 amide bonds. The van der Waals surface area contributed by atoms with Gasteiger partial charge >= 0.3 is 0 Å². The summed E-state index contributed by atoms with van der Waals surface area (Å²) in [5.41, 5.74) is 1.36. The lowest BCUT2D eigenvalue weighted by Gasteiger charge is -2.23. The van der Waals surface area contributed by atoms with Crippen molar-refractivity contribution in [2.45, 2.75) is 57.4 Å². The summed E-state index contributed by atoms with van der Waals surface area (Å²) in [4.78, 5) is 0.406. The van der Waals surface area contributed by atoms with Crippen molar-refractivity contribution in [3.8, 4) is 0 Å². The first kappa shape index (κ1) is 15.9. The Labute approximate surface area is 125 Å². The zero-order valence-electron chi connectivity index (χ0n) is 12.6. The Balaban J connectivity index is 2.42. The largest absolute Gasteiger partial charge is 0.268 e. The van der Waals surface area contributed by atoms with E-state index in [2.05, 4.69) is 12.0 Å². The Hall–Kier alpha value is -0.530. The average Bonchev–Trinajstić information content (AvgIpc) is 2.95. The van der Waals surface area contributed by atoms with Gasteiger partial charge in [-0.2, -0.15) is 9.40 Å². The van der Waals surface area contributed by atoms with E-state index in [0.29, 0.717) is 23.7 Å². The highest BCUT2D eigenvalue weighted by Crippen LogP contribution is 2.34. The van der Waals surface area contributed by atoms with E-state index in [4.69, 9.17) is 0 Å². The molecule has 0 N–H and O–H groups in total. The molecule has 0 unspecified atom stereocenters. The molecule has 2 heterocycles. The zero-order valence-corrected chi connectivity index (χ0v) is 14.2. The Morgan fingerprint density at radius 3 is 2.60 bits per heavy atom. The fraction of sp³-hybridized carbons (Fsp3) is 0.769. The van der Waals surface area contributed by atoms with E-state index in [1.54, 1.807) is 27.7 Å². The van der Waals surface area contributed by atoms with E-state index in [0.717, 1.165) is 24.3 Å². The number of sulfonamides is 1. The van der Waals surface area contributed by atoms with Crippen LogP contribution in [0.4, 0.5) is 0 Å². The molecule has 1 aromatic rings. The van der Waals surface area contributed by atoms with Gasteiger partial charge in [0.1, 0.15) is 4.90 Å². The number of aryl methyl sites for hydroxylation is 2. The maximum atomic E-state index is 12.9. The molecule has 0 aromatic carbocycles. The van der Waals surface area contributed by atoms with Gasteiger partial charge in [-0.15, -0.1) is 11.8 Å². The van der Waals surface area contributed by atoms with Crippen LogP contribution in [0.25, 0.3) is 0 Å². The van der Waals surface area contributed by atoms with E-state index < -0.39 is 10.0 Å². The quantitative estimate of drug-likeness (QED) is 0.837. The Morgan fingerprint density at radius 2 is 2.05 bits per heavy atom. The second-order valence-corrected chi connectivity index (χ2v) is 8.16. The van der Waals surface area contributed by atoms with E-state index >= 15 is 0 Å². The van der Waals surface area contributed by atoms with Crippen LogP contribution in [0.2, 0.25) is 0 Å². The van der Waals surface area contributed by atoms with Crippen molar-refractivity contribution in [2.75, 3.05) is 12.3 Å². The second-order valence-electron chi connectivity index (χ2n) is 5.05. The first-order chi connectivity index (χ1) is 9.43. The Bertz CT molecular complexity index is 581. The lowest BCUT2D eigenvalue weighted by atomic mass is 10.3. The van der Waals surface area contributed by atoms with Crippen LogP contribution in [0.1, 0.15) is 38.1 Å². The molecule has 7 heteroatoms. The van der Waals surface area contributed by atoms with Crippen LogP contribution in [-0.4, -0.2) is 40.2 Å². The summed E-state index contributed by atoms with van der Waals surface area (Å²) in [7, 11) is -3.43. The first-order valence-electron chi connectivity index (χ1n) is 7.10. The summed E-state index contributed by atoms with van der Waals surface area (Å²) >= 11 is 1.74. The number of hydrogen-bond acceptors (Lipinski definition) is 4. The van der Waals surface area contributed by atoms with Crippen LogP contribution in [0, 0.1) is 13.8 Å². The Morgan fingerprint density at radius 1 is 1.35 bits per heavy atom. The van der Waals surface area contributed by atoms with Gasteiger partial charge in [-0.1, -0.05) is 13.3 Å². The molecule has 5 nitrogen and oxygen atoms in total. The molecular weight excluding hydrogens is 294 g/mol. The molecule has 0 spiro atoms. The molecule has 20 heavy (non-hydrogen) atoms. The van der Waals surface area contributed by atoms with Gasteiger partial charge in [-0.3, -0.25) is 4.68 Å². The van der Waals surface area contributed by atoms with E-state index in [1.807, 2.05) is 13.8 Å². The van der Waals surface area contributed by atoms with Gasteiger partial charge < -0.3 is 0 Å². The maximum absolute atomic E-state index is 12.9. The third-order valence-corrected chi connectivity index (χ3v) is 7.25. The van der Waals surface area contributed by atoms with Crippen molar-refractivity contribution >= 4 is 21.8 Å². The molecule has 2 rings (SSSR count). The van der Waals surface area contributed by atoms with Gasteiger partial charge in [0.05, 0.1) is 16.8 Å².